The first-order valence-electron chi connectivity index (χ1n) is 24.0. The number of aliphatic hydroxyl groups excluding tert-OH is 6. The molecular formula is C49H80O18P2. The maximum Gasteiger partial charge on any atom is 0.472 e. The van der Waals surface area contributed by atoms with Crippen LogP contribution in [0.25, 0.3) is 0 Å². The third-order valence-electron chi connectivity index (χ3n) is 10.3. The van der Waals surface area contributed by atoms with Gasteiger partial charge in [0.25, 0.3) is 0 Å². The summed E-state index contributed by atoms with van der Waals surface area (Å²) in [6.45, 7) is 2.72. The Hall–Kier alpha value is -3.16. The van der Waals surface area contributed by atoms with E-state index < -0.39 is 95.7 Å². The molecule has 0 aliphatic heterocycles. The highest BCUT2D eigenvalue weighted by Gasteiger charge is 2.54. The van der Waals surface area contributed by atoms with Gasteiger partial charge in [-0.25, -0.2) is 9.13 Å². The van der Waals surface area contributed by atoms with Crippen molar-refractivity contribution >= 4 is 27.6 Å². The molecule has 394 valence electrons. The fourth-order valence-electron chi connectivity index (χ4n) is 6.55. The molecule has 1 saturated carbocycles. The number of unbranched alkanes of at least 4 members (excludes halogenated alkanes) is 8. The SMILES string of the molecule is CC/C=C\C[C@@H](O)/C=C/C=C\C=C\[C@@H](O)C/C=C\C/C=C\CCC(=O)OC[C@H](COP(=O)(O)O[C@H]1C(O)C(O)C(O)[C@@H](OP(=O)(O)O)C1O)OC(=O)CCCCCCC/C=C\C/C=C\CCCCC. The molecular weight excluding hydrogens is 938 g/mol. The van der Waals surface area contributed by atoms with Crippen molar-refractivity contribution in [2.24, 2.45) is 0 Å². The first-order chi connectivity index (χ1) is 32.9. The van der Waals surface area contributed by atoms with Crippen molar-refractivity contribution < 1.29 is 87.1 Å². The molecule has 0 aromatic rings. The molecule has 0 aromatic carbocycles. The molecule has 69 heavy (non-hydrogen) atoms. The quantitative estimate of drug-likeness (QED) is 0.00978. The standard InChI is InChI=1S/C49H80O18P2/c1-3-5-7-8-9-10-11-12-13-14-15-16-17-22-30-36-43(53)65-41(38-64-69(61,62)67-49-46(56)44(54)45(55)48(47(49)57)66-68(58,59)60)37-63-42(52)35-29-21-19-18-20-26-32-40(51)34-28-24-23-27-33-39(50)31-25-6-4-2/h6,9-10,12-13,19-21,23-28,33-34,39-41,44-51,54-57H,3-5,7-8,11,14-18,22,29-32,35-38H2,1-2H3,(H,61,62)(H2,58,59,60)/b10-9-,13-12-,21-19-,24-23-,25-6-,26-20-,33-27+,34-28+/t39-,40+,41-,44?,45?,46?,47?,48-,49+/m1/s1. The Bertz CT molecular complexity index is 1740. The Morgan fingerprint density at radius 3 is 1.65 bits per heavy atom. The molecule has 0 saturated heterocycles. The van der Waals surface area contributed by atoms with Gasteiger partial charge in [0.05, 0.1) is 18.8 Å². The second-order valence-electron chi connectivity index (χ2n) is 16.5. The molecule has 1 rings (SSSR count). The number of phosphoric acid groups is 2. The van der Waals surface area contributed by atoms with Gasteiger partial charge in [0.15, 0.2) is 6.10 Å². The molecule has 9 N–H and O–H groups in total. The van der Waals surface area contributed by atoms with Crippen LogP contribution in [0.15, 0.2) is 97.2 Å². The number of carbonyl (C=O) groups is 2. The second-order valence-corrected chi connectivity index (χ2v) is 19.1. The predicted octanol–water partition coefficient (Wildman–Crippen LogP) is 7.11. The Labute approximate surface area is 408 Å². The van der Waals surface area contributed by atoms with Gasteiger partial charge in [0.1, 0.15) is 43.2 Å². The lowest BCUT2D eigenvalue weighted by atomic mass is 9.85. The largest absolute Gasteiger partial charge is 0.472 e. The maximum atomic E-state index is 13.0. The topological polar surface area (TPSA) is 296 Å². The number of hydrogen-bond acceptors (Lipinski definition) is 15. The summed E-state index contributed by atoms with van der Waals surface area (Å²) >= 11 is 0. The average molecular weight is 1020 g/mol. The predicted molar refractivity (Wildman–Crippen MR) is 262 cm³/mol. The van der Waals surface area contributed by atoms with Crippen LogP contribution in [-0.4, -0.2) is 125 Å². The van der Waals surface area contributed by atoms with Gasteiger partial charge in [-0.2, -0.15) is 0 Å². The molecule has 0 amide bonds. The molecule has 0 heterocycles. The third-order valence-corrected chi connectivity index (χ3v) is 11.8. The highest BCUT2D eigenvalue weighted by Crippen LogP contribution is 2.49. The van der Waals surface area contributed by atoms with Crippen LogP contribution in [0.2, 0.25) is 0 Å². The lowest BCUT2D eigenvalue weighted by Gasteiger charge is -2.43. The van der Waals surface area contributed by atoms with E-state index in [0.29, 0.717) is 25.7 Å². The summed E-state index contributed by atoms with van der Waals surface area (Å²) in [5.41, 5.74) is 0. The summed E-state index contributed by atoms with van der Waals surface area (Å²) in [5, 5.41) is 61.2. The number of esters is 2. The van der Waals surface area contributed by atoms with Crippen LogP contribution in [0, 0.1) is 0 Å². The maximum absolute atomic E-state index is 13.0. The van der Waals surface area contributed by atoms with Crippen LogP contribution in [0.4, 0.5) is 0 Å². The number of ether oxygens (including phenoxy) is 2. The summed E-state index contributed by atoms with van der Waals surface area (Å²) in [7, 11) is -10.8. The van der Waals surface area contributed by atoms with Crippen molar-refractivity contribution in [1.29, 1.82) is 0 Å². The van der Waals surface area contributed by atoms with E-state index in [1.165, 1.54) is 19.3 Å². The van der Waals surface area contributed by atoms with Gasteiger partial charge >= 0.3 is 27.6 Å². The normalized spacial score (nSPS) is 22.9. The minimum absolute atomic E-state index is 0.0157. The average Bonchev–Trinajstić information content (AvgIpc) is 3.30. The van der Waals surface area contributed by atoms with Crippen molar-refractivity contribution in [3.8, 4) is 0 Å². The highest BCUT2D eigenvalue weighted by molar-refractivity contribution is 7.47. The summed E-state index contributed by atoms with van der Waals surface area (Å²) in [6.07, 6.45) is 27.1. The Kier molecular flexibility index (Phi) is 35.6. The molecule has 0 radical (unpaired) electrons. The van der Waals surface area contributed by atoms with Crippen LogP contribution in [0.3, 0.4) is 0 Å². The zero-order valence-electron chi connectivity index (χ0n) is 40.2. The van der Waals surface area contributed by atoms with Crippen molar-refractivity contribution in [3.05, 3.63) is 97.2 Å². The molecule has 1 aliphatic rings. The molecule has 1 aliphatic carbocycles. The zero-order valence-corrected chi connectivity index (χ0v) is 42.0. The van der Waals surface area contributed by atoms with E-state index in [1.54, 1.807) is 42.5 Å². The van der Waals surface area contributed by atoms with E-state index in [2.05, 4.69) is 35.8 Å². The highest BCUT2D eigenvalue weighted by atomic mass is 31.2. The fourth-order valence-corrected chi connectivity index (χ4v) is 8.09. The van der Waals surface area contributed by atoms with Crippen LogP contribution in [0.5, 0.6) is 0 Å². The molecule has 18 nitrogen and oxygen atoms in total. The molecule has 1 fully saturated rings. The van der Waals surface area contributed by atoms with E-state index in [4.69, 9.17) is 18.5 Å². The first-order valence-corrected chi connectivity index (χ1v) is 27.0. The third kappa shape index (κ3) is 33.2. The lowest BCUT2D eigenvalue weighted by molar-refractivity contribution is -0.216. The Balaban J connectivity index is 2.69. The fraction of sp³-hybridized carbons (Fsp3) is 0.633. The van der Waals surface area contributed by atoms with E-state index in [0.717, 1.165) is 51.4 Å². The smallest absolute Gasteiger partial charge is 0.462 e. The van der Waals surface area contributed by atoms with Crippen LogP contribution in [-0.2, 0) is 41.8 Å². The lowest BCUT2D eigenvalue weighted by Crippen LogP contribution is -2.64. The van der Waals surface area contributed by atoms with Gasteiger partial charge in [-0.05, 0) is 70.6 Å². The van der Waals surface area contributed by atoms with E-state index >= 15 is 0 Å². The van der Waals surface area contributed by atoms with Crippen LogP contribution < -0.4 is 0 Å². The molecule has 10 atom stereocenters. The molecule has 0 bridgehead atoms. The van der Waals surface area contributed by atoms with Gasteiger partial charge in [0, 0.05) is 12.8 Å². The second kappa shape index (κ2) is 38.5. The van der Waals surface area contributed by atoms with E-state index in [-0.39, 0.29) is 19.3 Å². The minimum atomic E-state index is -5.39. The number of phosphoric ester groups is 2. The zero-order chi connectivity index (χ0) is 51.3. The first kappa shape index (κ1) is 63.9. The van der Waals surface area contributed by atoms with Crippen molar-refractivity contribution in [2.45, 2.75) is 184 Å². The molecule has 5 unspecified atom stereocenters. The van der Waals surface area contributed by atoms with Crippen LogP contribution >= 0.6 is 15.6 Å². The summed E-state index contributed by atoms with van der Waals surface area (Å²) < 4.78 is 49.2. The van der Waals surface area contributed by atoms with Gasteiger partial charge in [-0.15, -0.1) is 0 Å². The number of allylic oxidation sites excluding steroid dienone is 12. The molecule has 0 spiro atoms. The van der Waals surface area contributed by atoms with Crippen molar-refractivity contribution in [2.75, 3.05) is 13.2 Å². The Morgan fingerprint density at radius 1 is 0.551 bits per heavy atom. The monoisotopic (exact) mass is 1020 g/mol. The summed E-state index contributed by atoms with van der Waals surface area (Å²) in [4.78, 5) is 54.3. The number of hydrogen-bond donors (Lipinski definition) is 9. The van der Waals surface area contributed by atoms with Crippen molar-refractivity contribution in [3.63, 3.8) is 0 Å². The Morgan fingerprint density at radius 2 is 1.07 bits per heavy atom. The minimum Gasteiger partial charge on any atom is -0.462 e. The summed E-state index contributed by atoms with van der Waals surface area (Å²) in [6, 6.07) is 0. The van der Waals surface area contributed by atoms with Gasteiger partial charge in [-0.3, -0.25) is 23.2 Å². The molecule has 0 aromatic heterocycles. The summed E-state index contributed by atoms with van der Waals surface area (Å²) in [5.74, 6) is -1.40. The van der Waals surface area contributed by atoms with Crippen LogP contribution in [0.1, 0.15) is 129 Å². The van der Waals surface area contributed by atoms with E-state index in [1.807, 2.05) is 37.3 Å². The number of aliphatic hydroxyl groups is 6. The molecule has 20 heteroatoms. The number of rotatable bonds is 38. The van der Waals surface area contributed by atoms with Gasteiger partial charge < -0.3 is 54.8 Å². The van der Waals surface area contributed by atoms with Gasteiger partial charge in [-0.1, -0.05) is 143 Å². The van der Waals surface area contributed by atoms with E-state index in [9.17, 15) is 64.0 Å². The number of carbonyl (C=O) groups excluding carboxylic acids is 2. The van der Waals surface area contributed by atoms with Gasteiger partial charge in [0.2, 0.25) is 0 Å². The van der Waals surface area contributed by atoms with Crippen molar-refractivity contribution in [1.82, 2.24) is 0 Å².